The van der Waals surface area contributed by atoms with Crippen LogP contribution in [0.15, 0.2) is 29.4 Å². The maximum absolute atomic E-state index is 8.56. The lowest BCUT2D eigenvalue weighted by Crippen LogP contribution is -2.43. The number of hydrogen-bond donors (Lipinski definition) is 2. The highest BCUT2D eigenvalue weighted by molar-refractivity contribution is 6.10. The van der Waals surface area contributed by atoms with E-state index >= 15 is 0 Å². The predicted molar refractivity (Wildman–Crippen MR) is 73.8 cm³/mol. The first kappa shape index (κ1) is 12.9. The third kappa shape index (κ3) is 3.44. The Hall–Kier alpha value is -2.57. The standard InChI is InChI=1S/C13H14N6/c14-9-12(10-15)18-17-11-1-3-13(4-2-11)19-7-5-16-6-8-19/h1-4,16-17H,5-8H2. The lowest BCUT2D eigenvalue weighted by molar-refractivity contribution is 0.589. The van der Waals surface area contributed by atoms with E-state index in [4.69, 9.17) is 10.5 Å². The monoisotopic (exact) mass is 254 g/mol. The summed E-state index contributed by atoms with van der Waals surface area (Å²) in [5.74, 6) is 0. The highest BCUT2D eigenvalue weighted by Gasteiger charge is 2.09. The van der Waals surface area contributed by atoms with E-state index in [9.17, 15) is 0 Å². The number of nitriles is 2. The van der Waals surface area contributed by atoms with E-state index in [1.807, 2.05) is 24.3 Å². The minimum absolute atomic E-state index is 0.189. The number of hydrazone groups is 1. The molecule has 19 heavy (non-hydrogen) atoms. The summed E-state index contributed by atoms with van der Waals surface area (Å²) in [6.07, 6.45) is 0. The number of benzene rings is 1. The van der Waals surface area contributed by atoms with Crippen molar-refractivity contribution in [3.05, 3.63) is 24.3 Å². The maximum Gasteiger partial charge on any atom is 0.237 e. The Bertz CT molecular complexity index is 512. The van der Waals surface area contributed by atoms with Gasteiger partial charge in [-0.25, -0.2) is 0 Å². The third-order valence-corrected chi connectivity index (χ3v) is 2.86. The van der Waals surface area contributed by atoms with Crippen molar-refractivity contribution < 1.29 is 0 Å². The molecule has 6 nitrogen and oxygen atoms in total. The number of nitrogens with zero attached hydrogens (tertiary/aromatic N) is 4. The van der Waals surface area contributed by atoms with Gasteiger partial charge in [0.1, 0.15) is 12.1 Å². The van der Waals surface area contributed by atoms with Crippen LogP contribution >= 0.6 is 0 Å². The molecule has 2 N–H and O–H groups in total. The molecule has 0 aliphatic carbocycles. The zero-order valence-corrected chi connectivity index (χ0v) is 10.4. The zero-order valence-electron chi connectivity index (χ0n) is 10.4. The van der Waals surface area contributed by atoms with Crippen molar-refractivity contribution >= 4 is 17.1 Å². The molecule has 2 rings (SSSR count). The van der Waals surface area contributed by atoms with Gasteiger partial charge in [0.15, 0.2) is 0 Å². The number of anilines is 2. The van der Waals surface area contributed by atoms with E-state index in [-0.39, 0.29) is 5.71 Å². The van der Waals surface area contributed by atoms with Crippen molar-refractivity contribution in [3.8, 4) is 12.1 Å². The number of rotatable bonds is 3. The summed E-state index contributed by atoms with van der Waals surface area (Å²) in [7, 11) is 0. The fraction of sp³-hybridized carbons (Fsp3) is 0.308. The molecule has 0 atom stereocenters. The summed E-state index contributed by atoms with van der Waals surface area (Å²) in [5, 5.41) is 24.1. The molecule has 1 aliphatic rings. The molecule has 6 heteroatoms. The van der Waals surface area contributed by atoms with E-state index in [1.54, 1.807) is 12.1 Å². The molecular formula is C13H14N6. The van der Waals surface area contributed by atoms with Crippen LogP contribution in [0.3, 0.4) is 0 Å². The Labute approximate surface area is 111 Å². The van der Waals surface area contributed by atoms with Crippen molar-refractivity contribution in [2.24, 2.45) is 5.10 Å². The van der Waals surface area contributed by atoms with Crippen molar-refractivity contribution in [1.29, 1.82) is 10.5 Å². The van der Waals surface area contributed by atoms with Crippen molar-refractivity contribution in [2.45, 2.75) is 0 Å². The Kier molecular flexibility index (Phi) is 4.33. The van der Waals surface area contributed by atoms with E-state index < -0.39 is 0 Å². The maximum atomic E-state index is 8.56. The van der Waals surface area contributed by atoms with Crippen LogP contribution in [-0.4, -0.2) is 31.9 Å². The van der Waals surface area contributed by atoms with Crippen LogP contribution in [0.4, 0.5) is 11.4 Å². The van der Waals surface area contributed by atoms with Crippen LogP contribution in [0, 0.1) is 22.7 Å². The molecule has 1 saturated heterocycles. The van der Waals surface area contributed by atoms with E-state index in [1.165, 1.54) is 0 Å². The Balaban J connectivity index is 2.01. The van der Waals surface area contributed by atoms with Gasteiger partial charge in [-0.2, -0.15) is 15.6 Å². The smallest absolute Gasteiger partial charge is 0.237 e. The molecule has 1 aromatic rings. The Morgan fingerprint density at radius 2 is 1.79 bits per heavy atom. The lowest BCUT2D eigenvalue weighted by Gasteiger charge is -2.29. The molecule has 1 aliphatic heterocycles. The van der Waals surface area contributed by atoms with Gasteiger partial charge in [0.05, 0.1) is 5.69 Å². The molecule has 0 saturated carbocycles. The number of hydrogen-bond acceptors (Lipinski definition) is 6. The van der Waals surface area contributed by atoms with Crippen LogP contribution in [0.25, 0.3) is 0 Å². The summed E-state index contributed by atoms with van der Waals surface area (Å²) in [6.45, 7) is 3.99. The second-order valence-corrected chi connectivity index (χ2v) is 4.08. The third-order valence-electron chi connectivity index (χ3n) is 2.86. The van der Waals surface area contributed by atoms with Gasteiger partial charge in [0.25, 0.3) is 0 Å². The summed E-state index contributed by atoms with van der Waals surface area (Å²) in [4.78, 5) is 2.31. The van der Waals surface area contributed by atoms with Gasteiger partial charge in [0.2, 0.25) is 5.71 Å². The largest absolute Gasteiger partial charge is 0.369 e. The molecule has 0 amide bonds. The van der Waals surface area contributed by atoms with Gasteiger partial charge in [-0.3, -0.25) is 5.43 Å². The van der Waals surface area contributed by atoms with Gasteiger partial charge in [-0.15, -0.1) is 0 Å². The summed E-state index contributed by atoms with van der Waals surface area (Å²) in [6, 6.07) is 11.2. The first-order valence-electron chi connectivity index (χ1n) is 6.03. The second-order valence-electron chi connectivity index (χ2n) is 4.08. The molecular weight excluding hydrogens is 240 g/mol. The average Bonchev–Trinajstić information content (AvgIpc) is 2.50. The first-order chi connectivity index (χ1) is 9.33. The highest BCUT2D eigenvalue weighted by Crippen LogP contribution is 2.18. The van der Waals surface area contributed by atoms with E-state index in [0.29, 0.717) is 0 Å². The Morgan fingerprint density at radius 1 is 1.16 bits per heavy atom. The van der Waals surface area contributed by atoms with E-state index in [0.717, 1.165) is 37.6 Å². The topological polar surface area (TPSA) is 87.2 Å². The molecule has 0 bridgehead atoms. The highest BCUT2D eigenvalue weighted by atomic mass is 15.3. The molecule has 0 unspecified atom stereocenters. The molecule has 0 radical (unpaired) electrons. The van der Waals surface area contributed by atoms with Gasteiger partial charge >= 0.3 is 0 Å². The van der Waals surface area contributed by atoms with Gasteiger partial charge in [-0.1, -0.05) is 0 Å². The van der Waals surface area contributed by atoms with Crippen LogP contribution < -0.4 is 15.6 Å². The fourth-order valence-corrected chi connectivity index (χ4v) is 1.87. The first-order valence-corrected chi connectivity index (χ1v) is 6.03. The minimum Gasteiger partial charge on any atom is -0.369 e. The van der Waals surface area contributed by atoms with Gasteiger partial charge in [-0.05, 0) is 24.3 Å². The molecule has 96 valence electrons. The minimum atomic E-state index is -0.189. The van der Waals surface area contributed by atoms with Gasteiger partial charge in [0, 0.05) is 31.9 Å². The normalized spacial score (nSPS) is 14.1. The summed E-state index contributed by atoms with van der Waals surface area (Å²) >= 11 is 0. The van der Waals surface area contributed by atoms with E-state index in [2.05, 4.69) is 20.7 Å². The average molecular weight is 254 g/mol. The summed E-state index contributed by atoms with van der Waals surface area (Å²) < 4.78 is 0. The number of piperazine rings is 1. The molecule has 0 aromatic heterocycles. The molecule has 1 fully saturated rings. The van der Waals surface area contributed by atoms with Crippen LogP contribution in [-0.2, 0) is 0 Å². The van der Waals surface area contributed by atoms with Crippen molar-refractivity contribution in [3.63, 3.8) is 0 Å². The SMILES string of the molecule is N#CC(C#N)=NNc1ccc(N2CCNCC2)cc1. The molecule has 1 aromatic carbocycles. The van der Waals surface area contributed by atoms with Crippen molar-refractivity contribution in [1.82, 2.24) is 5.32 Å². The lowest BCUT2D eigenvalue weighted by atomic mass is 10.2. The predicted octanol–water partition coefficient (Wildman–Crippen LogP) is 0.911. The fourth-order valence-electron chi connectivity index (χ4n) is 1.87. The Morgan fingerprint density at radius 3 is 2.37 bits per heavy atom. The second kappa shape index (κ2) is 6.39. The van der Waals surface area contributed by atoms with Crippen LogP contribution in [0.5, 0.6) is 0 Å². The quantitative estimate of drug-likeness (QED) is 0.618. The molecule has 1 heterocycles. The zero-order chi connectivity index (χ0) is 13.5. The van der Waals surface area contributed by atoms with Crippen molar-refractivity contribution in [2.75, 3.05) is 36.5 Å². The van der Waals surface area contributed by atoms with Crippen LogP contribution in [0.2, 0.25) is 0 Å². The number of nitrogens with one attached hydrogen (secondary N) is 2. The summed E-state index contributed by atoms with van der Waals surface area (Å²) in [5.41, 5.74) is 4.42. The van der Waals surface area contributed by atoms with Gasteiger partial charge < -0.3 is 10.2 Å². The molecule has 0 spiro atoms. The van der Waals surface area contributed by atoms with Crippen LogP contribution in [0.1, 0.15) is 0 Å².